The Morgan fingerprint density at radius 2 is 0.944 bits per heavy atom. The SMILES string of the molecule is CCCCC/C=C\CC1OC1C/C=C\C/C=C\CCCC(=O)OC[C@H](COP(=O)(O)O[C@H]1C(O)C(O)C(O)[C@@H](OP(=O)(O)O)C1O)OC(=O)CCCCCCCC/C=C\C/C=C\C/C=C\CCCCCC. The molecule has 1 aliphatic carbocycles. The fourth-order valence-corrected chi connectivity index (χ4v) is 9.25. The highest BCUT2D eigenvalue weighted by Gasteiger charge is 2.54. The maximum Gasteiger partial charge on any atom is 0.472 e. The number of phosphoric acid groups is 2. The van der Waals surface area contributed by atoms with Gasteiger partial charge in [-0.05, 0) is 89.9 Å². The number of carbonyl (C=O) groups excluding carboxylic acids is 2. The second-order valence-corrected chi connectivity index (χ2v) is 20.9. The third-order valence-electron chi connectivity index (χ3n) is 11.9. The number of unbranched alkanes of at least 4 members (excludes halogenated alkanes) is 14. The molecule has 19 heteroatoms. The minimum absolute atomic E-state index is 0.0115. The first kappa shape index (κ1) is 64.5. The van der Waals surface area contributed by atoms with Gasteiger partial charge in [-0.15, -0.1) is 0 Å². The molecule has 0 radical (unpaired) electrons. The van der Waals surface area contributed by atoms with E-state index in [4.69, 9.17) is 23.3 Å². The lowest BCUT2D eigenvalue weighted by Crippen LogP contribution is -2.64. The maximum absolute atomic E-state index is 13.0. The van der Waals surface area contributed by atoms with Gasteiger partial charge in [0.15, 0.2) is 6.10 Å². The molecule has 7 unspecified atom stereocenters. The van der Waals surface area contributed by atoms with Gasteiger partial charge in [0.2, 0.25) is 0 Å². The zero-order valence-corrected chi connectivity index (χ0v) is 44.1. The van der Waals surface area contributed by atoms with Crippen molar-refractivity contribution in [2.45, 2.75) is 229 Å². The highest BCUT2D eigenvalue weighted by Crippen LogP contribution is 2.49. The molecule has 7 N–H and O–H groups in total. The number of phosphoric ester groups is 2. The standard InChI is InChI=1S/C52H88O17P2/c1-3-5-7-9-11-12-13-14-15-16-17-18-19-20-21-22-23-26-31-35-39-46(54)66-42(41-65-71(62,63)69-52-49(57)47(55)48(56)51(50(52)58)68-70(59,60)61)40-64-45(53)38-34-30-27-24-25-29-33-37-44-43(67-44)36-32-28-10-8-6-4-2/h12-13,15-16,18-19,24,27-29,32-33,42-44,47-52,55-58H,3-11,14,17,20-23,25-26,30-31,34-41H2,1-2H3,(H,62,63)(H2,59,60,61)/b13-12-,16-15-,19-18-,27-24-,32-28-,33-29-/t42-,43?,44?,47?,48?,49?,50?,51-,52+/m1/s1. The monoisotopic (exact) mass is 1050 g/mol. The second kappa shape index (κ2) is 38.9. The van der Waals surface area contributed by atoms with Gasteiger partial charge in [-0.1, -0.05) is 145 Å². The van der Waals surface area contributed by atoms with E-state index in [0.29, 0.717) is 25.4 Å². The molecule has 2 aliphatic rings. The van der Waals surface area contributed by atoms with Crippen LogP contribution in [-0.2, 0) is 46.5 Å². The van der Waals surface area contributed by atoms with E-state index in [0.717, 1.165) is 83.5 Å². The number of allylic oxidation sites excluding steroid dienone is 10. The Morgan fingerprint density at radius 1 is 0.507 bits per heavy atom. The van der Waals surface area contributed by atoms with Gasteiger partial charge in [0.1, 0.15) is 43.2 Å². The normalized spacial score (nSPS) is 24.3. The number of rotatable bonds is 42. The zero-order chi connectivity index (χ0) is 52.2. The molecule has 1 heterocycles. The van der Waals surface area contributed by atoms with Crippen LogP contribution in [0.4, 0.5) is 0 Å². The van der Waals surface area contributed by atoms with Gasteiger partial charge < -0.3 is 49.3 Å². The number of carbonyl (C=O) groups is 2. The van der Waals surface area contributed by atoms with Crippen molar-refractivity contribution < 1.29 is 81.6 Å². The van der Waals surface area contributed by atoms with Crippen molar-refractivity contribution in [2.24, 2.45) is 0 Å². The Bertz CT molecular complexity index is 1710. The fraction of sp³-hybridized carbons (Fsp3) is 0.731. The summed E-state index contributed by atoms with van der Waals surface area (Å²) >= 11 is 0. The molecule has 0 spiro atoms. The number of epoxide rings is 1. The van der Waals surface area contributed by atoms with Crippen molar-refractivity contribution in [2.75, 3.05) is 13.2 Å². The maximum atomic E-state index is 13.0. The van der Waals surface area contributed by atoms with Gasteiger partial charge >= 0.3 is 27.6 Å². The molecule has 408 valence electrons. The lowest BCUT2D eigenvalue weighted by atomic mass is 9.85. The van der Waals surface area contributed by atoms with Crippen molar-refractivity contribution in [3.63, 3.8) is 0 Å². The van der Waals surface area contributed by atoms with Crippen molar-refractivity contribution in [3.05, 3.63) is 72.9 Å². The Hall–Kier alpha value is -2.60. The molecular formula is C52H88O17P2. The molecule has 17 nitrogen and oxygen atoms in total. The molecule has 0 bridgehead atoms. The van der Waals surface area contributed by atoms with Crippen LogP contribution in [0.15, 0.2) is 72.9 Å². The minimum Gasteiger partial charge on any atom is -0.462 e. The predicted octanol–water partition coefficient (Wildman–Crippen LogP) is 9.78. The summed E-state index contributed by atoms with van der Waals surface area (Å²) in [6, 6.07) is 0. The summed E-state index contributed by atoms with van der Waals surface area (Å²) in [6.45, 7) is 3.01. The molecule has 71 heavy (non-hydrogen) atoms. The fourth-order valence-electron chi connectivity index (χ4n) is 7.71. The summed E-state index contributed by atoms with van der Waals surface area (Å²) in [5, 5.41) is 41.3. The third kappa shape index (κ3) is 32.3. The summed E-state index contributed by atoms with van der Waals surface area (Å²) in [6.07, 6.45) is 34.5. The van der Waals surface area contributed by atoms with Gasteiger partial charge in [0.25, 0.3) is 0 Å². The molecule has 10 atom stereocenters. The van der Waals surface area contributed by atoms with Crippen molar-refractivity contribution in [1.82, 2.24) is 0 Å². The molecule has 0 aromatic heterocycles. The van der Waals surface area contributed by atoms with E-state index < -0.39 is 83.5 Å². The van der Waals surface area contributed by atoms with Crippen LogP contribution in [0.25, 0.3) is 0 Å². The van der Waals surface area contributed by atoms with E-state index in [2.05, 4.69) is 79.1 Å². The summed E-state index contributed by atoms with van der Waals surface area (Å²) in [7, 11) is -10.7. The van der Waals surface area contributed by atoms with Crippen LogP contribution in [0.5, 0.6) is 0 Å². The first-order valence-electron chi connectivity index (χ1n) is 26.1. The van der Waals surface area contributed by atoms with Crippen molar-refractivity contribution >= 4 is 27.6 Å². The molecular weight excluding hydrogens is 959 g/mol. The molecule has 1 saturated heterocycles. The summed E-state index contributed by atoms with van der Waals surface area (Å²) < 4.78 is 55.2. The lowest BCUT2D eigenvalue weighted by molar-refractivity contribution is -0.216. The number of aliphatic hydroxyl groups excluding tert-OH is 4. The van der Waals surface area contributed by atoms with Crippen molar-refractivity contribution in [3.8, 4) is 0 Å². The lowest BCUT2D eigenvalue weighted by Gasteiger charge is -2.43. The molecule has 1 saturated carbocycles. The highest BCUT2D eigenvalue weighted by molar-refractivity contribution is 7.47. The van der Waals surface area contributed by atoms with E-state index in [-0.39, 0.29) is 18.9 Å². The van der Waals surface area contributed by atoms with E-state index in [1.165, 1.54) is 44.9 Å². The first-order valence-corrected chi connectivity index (χ1v) is 29.1. The number of esters is 2. The Labute approximate surface area is 423 Å². The van der Waals surface area contributed by atoms with Crippen LogP contribution < -0.4 is 0 Å². The van der Waals surface area contributed by atoms with Gasteiger partial charge in [0, 0.05) is 12.8 Å². The predicted molar refractivity (Wildman–Crippen MR) is 273 cm³/mol. The minimum atomic E-state index is -5.38. The Balaban J connectivity index is 1.78. The quantitative estimate of drug-likeness (QED) is 0.00985. The highest BCUT2D eigenvalue weighted by atomic mass is 31.2. The molecule has 1 aliphatic heterocycles. The van der Waals surface area contributed by atoms with Crippen LogP contribution >= 0.6 is 15.6 Å². The van der Waals surface area contributed by atoms with Crippen molar-refractivity contribution in [1.29, 1.82) is 0 Å². The zero-order valence-electron chi connectivity index (χ0n) is 42.3. The van der Waals surface area contributed by atoms with Gasteiger partial charge in [0.05, 0.1) is 18.8 Å². The molecule has 0 aromatic carbocycles. The van der Waals surface area contributed by atoms with E-state index in [1.54, 1.807) is 0 Å². The summed E-state index contributed by atoms with van der Waals surface area (Å²) in [5.41, 5.74) is 0. The first-order chi connectivity index (χ1) is 34.1. The number of hydrogen-bond acceptors (Lipinski definition) is 14. The van der Waals surface area contributed by atoms with Crippen LogP contribution in [0.2, 0.25) is 0 Å². The number of ether oxygens (including phenoxy) is 3. The third-order valence-corrected chi connectivity index (χ3v) is 13.4. The van der Waals surface area contributed by atoms with E-state index in [9.17, 15) is 53.8 Å². The summed E-state index contributed by atoms with van der Waals surface area (Å²) in [5.74, 6) is -1.30. The Morgan fingerprint density at radius 3 is 1.52 bits per heavy atom. The van der Waals surface area contributed by atoms with Crippen LogP contribution in [0, 0.1) is 0 Å². The molecule has 2 fully saturated rings. The van der Waals surface area contributed by atoms with Gasteiger partial charge in [-0.2, -0.15) is 0 Å². The second-order valence-electron chi connectivity index (χ2n) is 18.3. The van der Waals surface area contributed by atoms with E-state index in [1.807, 2.05) is 12.2 Å². The van der Waals surface area contributed by atoms with Crippen LogP contribution in [0.1, 0.15) is 174 Å². The average Bonchev–Trinajstić information content (AvgIpc) is 4.09. The van der Waals surface area contributed by atoms with E-state index >= 15 is 0 Å². The van der Waals surface area contributed by atoms with Gasteiger partial charge in [-0.25, -0.2) is 9.13 Å². The van der Waals surface area contributed by atoms with Crippen LogP contribution in [-0.4, -0.2) is 115 Å². The molecule has 0 aromatic rings. The van der Waals surface area contributed by atoms with Gasteiger partial charge in [-0.3, -0.25) is 23.2 Å². The molecule has 2 rings (SSSR count). The smallest absolute Gasteiger partial charge is 0.462 e. The topological polar surface area (TPSA) is 269 Å². The molecule has 0 amide bonds. The summed E-state index contributed by atoms with van der Waals surface area (Å²) in [4.78, 5) is 54.5. The average molecular weight is 1050 g/mol. The largest absolute Gasteiger partial charge is 0.472 e. The Kier molecular flexibility index (Phi) is 35.3. The number of aliphatic hydroxyl groups is 4. The van der Waals surface area contributed by atoms with Crippen LogP contribution in [0.3, 0.4) is 0 Å². The number of hydrogen-bond donors (Lipinski definition) is 7.